The second kappa shape index (κ2) is 6.88. The molecule has 0 aliphatic rings. The summed E-state index contributed by atoms with van der Waals surface area (Å²) in [5.41, 5.74) is 4.88. The predicted molar refractivity (Wildman–Crippen MR) is 103 cm³/mol. The van der Waals surface area contributed by atoms with Gasteiger partial charge in [-0.3, -0.25) is 4.79 Å². The molecule has 2 aromatic carbocycles. The number of rotatable bonds is 5. The second-order valence-corrected chi connectivity index (χ2v) is 6.32. The summed E-state index contributed by atoms with van der Waals surface area (Å²) in [6, 6.07) is 17.7. The summed E-state index contributed by atoms with van der Waals surface area (Å²) in [7, 11) is 0. The molecule has 4 aromatic rings. The molecular weight excluding hydrogens is 324 g/mol. The van der Waals surface area contributed by atoms with E-state index in [1.165, 1.54) is 5.56 Å². The van der Waals surface area contributed by atoms with Crippen molar-refractivity contribution in [3.63, 3.8) is 0 Å². The first-order valence-electron chi connectivity index (χ1n) is 8.66. The van der Waals surface area contributed by atoms with Crippen LogP contribution in [0.25, 0.3) is 16.7 Å². The summed E-state index contributed by atoms with van der Waals surface area (Å²) >= 11 is 0. The lowest BCUT2D eigenvalue weighted by atomic mass is 10.1. The van der Waals surface area contributed by atoms with Crippen LogP contribution in [0.2, 0.25) is 0 Å². The Bertz CT molecular complexity index is 1030. The van der Waals surface area contributed by atoms with Crippen molar-refractivity contribution < 1.29 is 4.79 Å². The highest BCUT2D eigenvalue weighted by Crippen LogP contribution is 2.14. The van der Waals surface area contributed by atoms with Gasteiger partial charge in [0.1, 0.15) is 5.82 Å². The number of imidazole rings is 1. The van der Waals surface area contributed by atoms with Crippen LogP contribution in [-0.4, -0.2) is 27.0 Å². The molecule has 1 amide bonds. The zero-order chi connectivity index (χ0) is 17.9. The molecule has 5 nitrogen and oxygen atoms in total. The number of aromatic amines is 1. The summed E-state index contributed by atoms with van der Waals surface area (Å²) in [6.07, 6.45) is 4.74. The summed E-state index contributed by atoms with van der Waals surface area (Å²) in [6.45, 7) is 2.54. The van der Waals surface area contributed by atoms with E-state index in [-0.39, 0.29) is 5.91 Å². The van der Waals surface area contributed by atoms with Gasteiger partial charge in [0.15, 0.2) is 0 Å². The van der Waals surface area contributed by atoms with Gasteiger partial charge in [0.25, 0.3) is 5.91 Å². The van der Waals surface area contributed by atoms with E-state index >= 15 is 0 Å². The number of aryl methyl sites for hydroxylation is 1. The molecule has 5 heteroatoms. The van der Waals surface area contributed by atoms with Crippen molar-refractivity contribution in [2.75, 3.05) is 6.54 Å². The van der Waals surface area contributed by atoms with E-state index in [0.717, 1.165) is 29.0 Å². The minimum absolute atomic E-state index is 0.0532. The van der Waals surface area contributed by atoms with Crippen LogP contribution in [0.1, 0.15) is 21.7 Å². The number of carbonyl (C=O) groups is 1. The normalized spacial score (nSPS) is 11.0. The third-order valence-corrected chi connectivity index (χ3v) is 4.40. The molecule has 0 saturated carbocycles. The zero-order valence-corrected chi connectivity index (χ0v) is 14.6. The van der Waals surface area contributed by atoms with Crippen molar-refractivity contribution in [1.82, 2.24) is 19.9 Å². The third kappa shape index (κ3) is 3.37. The molecule has 0 radical (unpaired) electrons. The molecule has 4 rings (SSSR count). The maximum absolute atomic E-state index is 12.3. The number of fused-ring (bicyclic) bond motifs is 1. The lowest BCUT2D eigenvalue weighted by molar-refractivity contribution is 0.0954. The van der Waals surface area contributed by atoms with Gasteiger partial charge < -0.3 is 14.9 Å². The SMILES string of the molecule is Cc1nc2ccc(CCNC(=O)c3ccc(-n4cccc4)cc3)cc2[nH]1. The Morgan fingerprint density at radius 2 is 1.88 bits per heavy atom. The Labute approximate surface area is 151 Å². The molecule has 0 saturated heterocycles. The van der Waals surface area contributed by atoms with E-state index in [9.17, 15) is 4.79 Å². The Morgan fingerprint density at radius 3 is 2.65 bits per heavy atom. The monoisotopic (exact) mass is 344 g/mol. The van der Waals surface area contributed by atoms with Gasteiger partial charge in [-0.1, -0.05) is 6.07 Å². The minimum atomic E-state index is -0.0532. The first-order chi connectivity index (χ1) is 12.7. The first-order valence-corrected chi connectivity index (χ1v) is 8.66. The molecule has 0 atom stereocenters. The lowest BCUT2D eigenvalue weighted by Gasteiger charge is -2.07. The summed E-state index contributed by atoms with van der Waals surface area (Å²) in [5, 5.41) is 2.98. The van der Waals surface area contributed by atoms with Gasteiger partial charge in [-0.2, -0.15) is 0 Å². The summed E-state index contributed by atoms with van der Waals surface area (Å²) < 4.78 is 2.01. The highest BCUT2D eigenvalue weighted by atomic mass is 16.1. The van der Waals surface area contributed by atoms with E-state index in [4.69, 9.17) is 0 Å². The van der Waals surface area contributed by atoms with Crippen LogP contribution in [0.15, 0.2) is 67.0 Å². The fourth-order valence-electron chi connectivity index (χ4n) is 3.05. The standard InChI is InChI=1S/C21H20N4O/c1-15-23-19-9-4-16(14-20(19)24-15)10-11-22-21(26)17-5-7-18(8-6-17)25-12-2-3-13-25/h2-9,12-14H,10-11H2,1H3,(H,22,26)(H,23,24). The highest BCUT2D eigenvalue weighted by molar-refractivity contribution is 5.94. The maximum atomic E-state index is 12.3. The van der Waals surface area contributed by atoms with Crippen molar-refractivity contribution in [3.8, 4) is 5.69 Å². The third-order valence-electron chi connectivity index (χ3n) is 4.40. The molecule has 0 fully saturated rings. The molecule has 0 aliphatic heterocycles. The van der Waals surface area contributed by atoms with Crippen LogP contribution in [0.5, 0.6) is 0 Å². The summed E-state index contributed by atoms with van der Waals surface area (Å²) in [5.74, 6) is 0.858. The van der Waals surface area contributed by atoms with Crippen LogP contribution in [0, 0.1) is 6.92 Å². The number of H-pyrrole nitrogens is 1. The molecule has 0 aliphatic carbocycles. The van der Waals surface area contributed by atoms with Gasteiger partial charge in [0.05, 0.1) is 11.0 Å². The van der Waals surface area contributed by atoms with Gasteiger partial charge in [0.2, 0.25) is 0 Å². The topological polar surface area (TPSA) is 62.7 Å². The molecule has 2 aromatic heterocycles. The number of benzene rings is 2. The molecule has 0 bridgehead atoms. The first kappa shape index (κ1) is 16.1. The zero-order valence-electron chi connectivity index (χ0n) is 14.6. The Morgan fingerprint density at radius 1 is 1.12 bits per heavy atom. The van der Waals surface area contributed by atoms with E-state index in [1.807, 2.05) is 66.3 Å². The second-order valence-electron chi connectivity index (χ2n) is 6.32. The van der Waals surface area contributed by atoms with Crippen molar-refractivity contribution in [3.05, 3.63) is 83.9 Å². The molecule has 130 valence electrons. The van der Waals surface area contributed by atoms with Crippen molar-refractivity contribution in [2.24, 2.45) is 0 Å². The molecule has 26 heavy (non-hydrogen) atoms. The number of aromatic nitrogens is 3. The lowest BCUT2D eigenvalue weighted by Crippen LogP contribution is -2.25. The smallest absolute Gasteiger partial charge is 0.251 e. The van der Waals surface area contributed by atoms with Crippen molar-refractivity contribution in [2.45, 2.75) is 13.3 Å². The molecule has 0 unspecified atom stereocenters. The molecule has 0 spiro atoms. The number of hydrogen-bond donors (Lipinski definition) is 2. The van der Waals surface area contributed by atoms with Crippen LogP contribution in [-0.2, 0) is 6.42 Å². The largest absolute Gasteiger partial charge is 0.352 e. The van der Waals surface area contributed by atoms with Crippen LogP contribution in [0.4, 0.5) is 0 Å². The number of amides is 1. The fourth-order valence-corrected chi connectivity index (χ4v) is 3.05. The number of nitrogens with zero attached hydrogens (tertiary/aromatic N) is 2. The van der Waals surface area contributed by atoms with Crippen LogP contribution < -0.4 is 5.32 Å². The number of hydrogen-bond acceptors (Lipinski definition) is 2. The van der Waals surface area contributed by atoms with Gasteiger partial charge in [-0.25, -0.2) is 4.98 Å². The Hall–Kier alpha value is -3.34. The van der Waals surface area contributed by atoms with Gasteiger partial charge in [0, 0.05) is 30.2 Å². The van der Waals surface area contributed by atoms with Crippen LogP contribution in [0.3, 0.4) is 0 Å². The van der Waals surface area contributed by atoms with Crippen molar-refractivity contribution >= 4 is 16.9 Å². The molecular formula is C21H20N4O. The fraction of sp³-hybridized carbons (Fsp3) is 0.143. The molecule has 2 N–H and O–H groups in total. The van der Waals surface area contributed by atoms with Gasteiger partial charge >= 0.3 is 0 Å². The van der Waals surface area contributed by atoms with E-state index in [0.29, 0.717) is 12.1 Å². The minimum Gasteiger partial charge on any atom is -0.352 e. The van der Waals surface area contributed by atoms with E-state index in [1.54, 1.807) is 0 Å². The Kier molecular flexibility index (Phi) is 4.27. The predicted octanol–water partition coefficient (Wildman–Crippen LogP) is 3.63. The van der Waals surface area contributed by atoms with Gasteiger partial charge in [-0.15, -0.1) is 0 Å². The summed E-state index contributed by atoms with van der Waals surface area (Å²) in [4.78, 5) is 20.0. The quantitative estimate of drug-likeness (QED) is 0.581. The molecule has 2 heterocycles. The van der Waals surface area contributed by atoms with Crippen molar-refractivity contribution in [1.29, 1.82) is 0 Å². The van der Waals surface area contributed by atoms with E-state index in [2.05, 4.69) is 27.4 Å². The number of carbonyl (C=O) groups excluding carboxylic acids is 1. The van der Waals surface area contributed by atoms with Crippen LogP contribution >= 0.6 is 0 Å². The highest BCUT2D eigenvalue weighted by Gasteiger charge is 2.06. The average Bonchev–Trinajstić information content (AvgIpc) is 3.30. The van der Waals surface area contributed by atoms with Gasteiger partial charge in [-0.05, 0) is 67.4 Å². The maximum Gasteiger partial charge on any atom is 0.251 e. The van der Waals surface area contributed by atoms with E-state index < -0.39 is 0 Å². The average molecular weight is 344 g/mol. The Balaban J connectivity index is 1.35. The number of nitrogens with one attached hydrogen (secondary N) is 2.